The molecule has 0 fully saturated rings. The normalized spacial score (nSPS) is 12.1. The van der Waals surface area contributed by atoms with Crippen LogP contribution in [0.1, 0.15) is 24.5 Å². The smallest absolute Gasteiger partial charge is 0.252 e. The fourth-order valence-corrected chi connectivity index (χ4v) is 7.19. The molecule has 5 heteroatoms. The lowest BCUT2D eigenvalue weighted by atomic mass is 10.1. The summed E-state index contributed by atoms with van der Waals surface area (Å²) in [6, 6.07) is 36.8. The lowest BCUT2D eigenvalue weighted by molar-refractivity contribution is -0.127. The summed E-state index contributed by atoms with van der Waals surface area (Å²) in [6.07, 6.45) is 1.25. The third-order valence-corrected chi connectivity index (χ3v) is 10.4. The Morgan fingerprint density at radius 3 is 1.89 bits per heavy atom. The van der Waals surface area contributed by atoms with Gasteiger partial charge in [-0.15, -0.1) is 0 Å². The Morgan fingerprint density at radius 2 is 1.32 bits per heavy atom. The van der Waals surface area contributed by atoms with E-state index in [1.807, 2.05) is 55.5 Å². The molecule has 0 radical (unpaired) electrons. The molecule has 4 aromatic carbocycles. The lowest BCUT2D eigenvalue weighted by Gasteiger charge is -2.28. The number of Topliss-reactive ketones (excluding diaryl/α,β-unsaturated/α-hetero) is 1. The van der Waals surface area contributed by atoms with Crippen molar-refractivity contribution in [3.05, 3.63) is 120 Å². The Morgan fingerprint density at radius 1 is 0.763 bits per heavy atom. The minimum absolute atomic E-state index is 0.0174. The Hall–Kier alpha value is -3.67. The summed E-state index contributed by atoms with van der Waals surface area (Å²) in [4.78, 5) is 12.5. The number of ketones is 1. The van der Waals surface area contributed by atoms with E-state index < -0.39 is 14.4 Å². The molecule has 38 heavy (non-hydrogen) atoms. The van der Waals surface area contributed by atoms with Gasteiger partial charge in [-0.05, 0) is 73.4 Å². The van der Waals surface area contributed by atoms with Gasteiger partial charge in [-0.1, -0.05) is 90.5 Å². The van der Waals surface area contributed by atoms with Gasteiger partial charge < -0.3 is 13.9 Å². The number of aryl methyl sites for hydroxylation is 2. The van der Waals surface area contributed by atoms with Gasteiger partial charge in [0.1, 0.15) is 11.5 Å². The zero-order valence-electron chi connectivity index (χ0n) is 22.4. The van der Waals surface area contributed by atoms with Gasteiger partial charge in [-0.3, -0.25) is 4.79 Å². The van der Waals surface area contributed by atoms with Crippen molar-refractivity contribution in [3.63, 3.8) is 0 Å². The van der Waals surface area contributed by atoms with Crippen molar-refractivity contribution >= 4 is 24.5 Å². The molecule has 0 amide bonds. The molecule has 4 nitrogen and oxygen atoms in total. The molecule has 0 heterocycles. The second kappa shape index (κ2) is 13.2. The summed E-state index contributed by atoms with van der Waals surface area (Å²) in [5.41, 5.74) is 2.36. The molecule has 4 rings (SSSR count). The molecule has 0 aliphatic rings. The first-order chi connectivity index (χ1) is 18.4. The zero-order chi connectivity index (χ0) is 26.8. The number of hydrogen-bond acceptors (Lipinski definition) is 4. The number of rotatable bonds is 13. The number of carbonyl (C=O) groups is 1. The first-order valence-corrected chi connectivity index (χ1v) is 15.6. The summed E-state index contributed by atoms with van der Waals surface area (Å²) in [5.74, 6) is 1.25. The average molecular weight is 525 g/mol. The van der Waals surface area contributed by atoms with Crippen LogP contribution in [0.5, 0.6) is 11.5 Å². The van der Waals surface area contributed by atoms with E-state index in [4.69, 9.17) is 13.9 Å². The second-order valence-electron chi connectivity index (χ2n) is 9.69. The van der Waals surface area contributed by atoms with Crippen LogP contribution in [0.25, 0.3) is 0 Å². The topological polar surface area (TPSA) is 44.8 Å². The molecule has 0 spiro atoms. The van der Waals surface area contributed by atoms with Crippen LogP contribution in [0.2, 0.25) is 6.55 Å². The van der Waals surface area contributed by atoms with Crippen molar-refractivity contribution in [2.24, 2.45) is 0 Å². The van der Waals surface area contributed by atoms with Gasteiger partial charge in [0.25, 0.3) is 8.32 Å². The monoisotopic (exact) mass is 524 g/mol. The van der Waals surface area contributed by atoms with Crippen molar-refractivity contribution in [2.45, 2.75) is 39.3 Å². The highest BCUT2D eigenvalue weighted by molar-refractivity contribution is 6.96. The molecular weight excluding hydrogens is 488 g/mol. The summed E-state index contributed by atoms with van der Waals surface area (Å²) in [5, 5.41) is 2.56. The molecule has 0 saturated heterocycles. The van der Waals surface area contributed by atoms with Crippen LogP contribution in [0.15, 0.2) is 109 Å². The van der Waals surface area contributed by atoms with Gasteiger partial charge >= 0.3 is 0 Å². The largest absolute Gasteiger partial charge is 0.486 e. The number of hydrogen-bond donors (Lipinski definition) is 0. The molecule has 0 saturated carbocycles. The van der Waals surface area contributed by atoms with E-state index in [0.29, 0.717) is 18.1 Å². The summed E-state index contributed by atoms with van der Waals surface area (Å²) in [6.45, 7) is 6.72. The van der Waals surface area contributed by atoms with Crippen molar-refractivity contribution in [3.8, 4) is 11.5 Å². The highest BCUT2D eigenvalue weighted by atomic mass is 28.4. The van der Waals surface area contributed by atoms with E-state index in [9.17, 15) is 4.79 Å². The van der Waals surface area contributed by atoms with Crippen LogP contribution < -0.4 is 19.8 Å². The molecule has 0 N–H and O–H groups in total. The van der Waals surface area contributed by atoms with Crippen molar-refractivity contribution in [1.82, 2.24) is 0 Å². The van der Waals surface area contributed by atoms with Gasteiger partial charge in [0.15, 0.2) is 12.7 Å². The van der Waals surface area contributed by atoms with Crippen LogP contribution in [0.3, 0.4) is 0 Å². The first kappa shape index (κ1) is 27.4. The third-order valence-electron chi connectivity index (χ3n) is 6.74. The molecule has 1 atom stereocenters. The molecule has 196 valence electrons. The molecule has 0 aliphatic carbocycles. The molecule has 0 aromatic heterocycles. The van der Waals surface area contributed by atoms with E-state index in [2.05, 4.69) is 67.2 Å². The predicted octanol–water partition coefficient (Wildman–Crippen LogP) is 5.75. The van der Waals surface area contributed by atoms with Crippen LogP contribution in [0.4, 0.5) is 0 Å². The van der Waals surface area contributed by atoms with Crippen molar-refractivity contribution < 1.29 is 18.7 Å². The van der Waals surface area contributed by atoms with Crippen molar-refractivity contribution in [1.29, 1.82) is 0 Å². The maximum absolute atomic E-state index is 12.5. The van der Waals surface area contributed by atoms with E-state index >= 15 is 0 Å². The van der Waals surface area contributed by atoms with E-state index in [0.717, 1.165) is 18.4 Å². The molecule has 4 aromatic rings. The van der Waals surface area contributed by atoms with E-state index in [-0.39, 0.29) is 12.4 Å². The zero-order valence-corrected chi connectivity index (χ0v) is 23.4. The van der Waals surface area contributed by atoms with Crippen LogP contribution in [-0.2, 0) is 15.6 Å². The minimum Gasteiger partial charge on any atom is -0.486 e. The summed E-state index contributed by atoms with van der Waals surface area (Å²) < 4.78 is 18.1. The fraction of sp³-hybridized carbons (Fsp3) is 0.242. The summed E-state index contributed by atoms with van der Waals surface area (Å²) >= 11 is 0. The van der Waals surface area contributed by atoms with Crippen LogP contribution >= 0.6 is 0 Å². The number of ether oxygens (including phenoxy) is 2. The molecule has 0 bridgehead atoms. The predicted molar refractivity (Wildman–Crippen MR) is 156 cm³/mol. The van der Waals surface area contributed by atoms with E-state index in [1.54, 1.807) is 6.92 Å². The lowest BCUT2D eigenvalue weighted by Crippen LogP contribution is -2.58. The Kier molecular flexibility index (Phi) is 9.52. The number of benzene rings is 4. The SMILES string of the molecule is Cc1ccc(OCC(=O)C(C)Oc2ccc(CCCO[Si](C)(c3ccccc3)c3ccccc3)cc2)cc1. The molecular formula is C33H36O4Si. The van der Waals surface area contributed by atoms with Gasteiger partial charge in [0, 0.05) is 6.61 Å². The van der Waals surface area contributed by atoms with E-state index in [1.165, 1.54) is 15.9 Å². The first-order valence-electron chi connectivity index (χ1n) is 13.2. The maximum Gasteiger partial charge on any atom is 0.252 e. The molecule has 1 unspecified atom stereocenters. The summed E-state index contributed by atoms with van der Waals surface area (Å²) in [7, 11) is -2.27. The fourth-order valence-electron chi connectivity index (χ4n) is 4.31. The van der Waals surface area contributed by atoms with Crippen LogP contribution in [-0.4, -0.2) is 33.4 Å². The Labute approximate surface area is 227 Å². The maximum atomic E-state index is 12.5. The van der Waals surface area contributed by atoms with Crippen LogP contribution in [0, 0.1) is 6.92 Å². The number of carbonyl (C=O) groups excluding carboxylic acids is 1. The highest BCUT2D eigenvalue weighted by Gasteiger charge is 2.33. The van der Waals surface area contributed by atoms with Gasteiger partial charge in [0.2, 0.25) is 5.78 Å². The van der Waals surface area contributed by atoms with Gasteiger partial charge in [0.05, 0.1) is 0 Å². The third kappa shape index (κ3) is 7.43. The van der Waals surface area contributed by atoms with Crippen molar-refractivity contribution in [2.75, 3.05) is 13.2 Å². The highest BCUT2D eigenvalue weighted by Crippen LogP contribution is 2.17. The quantitative estimate of drug-likeness (QED) is 0.165. The Balaban J connectivity index is 1.25. The minimum atomic E-state index is -2.27. The average Bonchev–Trinajstić information content (AvgIpc) is 2.96. The van der Waals surface area contributed by atoms with Gasteiger partial charge in [-0.25, -0.2) is 0 Å². The van der Waals surface area contributed by atoms with Gasteiger partial charge in [-0.2, -0.15) is 0 Å². The molecule has 0 aliphatic heterocycles. The Bertz CT molecular complexity index is 1230. The standard InChI is InChI=1S/C33H36O4Si/c1-26-16-20-29(21-17-26)35-25-33(34)27(2)37-30-22-18-28(19-23-30)11-10-24-36-38(3,31-12-6-4-7-13-31)32-14-8-5-9-15-32/h4-9,12-23,27H,10-11,24-25H2,1-3H3. The second-order valence-corrected chi connectivity index (χ2v) is 13.2.